The van der Waals surface area contributed by atoms with E-state index >= 15 is 0 Å². The number of rotatable bonds is 3. The van der Waals surface area contributed by atoms with E-state index in [1.54, 1.807) is 8.61 Å². The van der Waals surface area contributed by atoms with Gasteiger partial charge in [0.2, 0.25) is 0 Å². The number of likely N-dealkylation sites (N-methyl/N-ethyl adjacent to an activating group) is 1. The van der Waals surface area contributed by atoms with Crippen molar-refractivity contribution in [3.05, 3.63) is 29.8 Å². The van der Waals surface area contributed by atoms with Gasteiger partial charge in [0.15, 0.2) is 0 Å². The molecular formula is C14H21N3O2S. The van der Waals surface area contributed by atoms with Crippen molar-refractivity contribution >= 4 is 15.9 Å². The fourth-order valence-electron chi connectivity index (χ4n) is 2.96. The van der Waals surface area contributed by atoms with Crippen molar-refractivity contribution in [2.75, 3.05) is 43.6 Å². The minimum Gasteiger partial charge on any atom is -0.301 e. The lowest BCUT2D eigenvalue weighted by molar-refractivity contribution is 0.196. The lowest BCUT2D eigenvalue weighted by atomic mass is 10.2. The van der Waals surface area contributed by atoms with E-state index in [-0.39, 0.29) is 0 Å². The predicted molar refractivity (Wildman–Crippen MR) is 80.1 cm³/mol. The zero-order valence-corrected chi connectivity index (χ0v) is 12.6. The highest BCUT2D eigenvalue weighted by atomic mass is 32.2. The summed E-state index contributed by atoms with van der Waals surface area (Å²) in [4.78, 5) is 2.28. The number of anilines is 1. The average molecular weight is 295 g/mol. The molecule has 20 heavy (non-hydrogen) atoms. The molecule has 5 nitrogen and oxygen atoms in total. The maximum atomic E-state index is 12.8. The van der Waals surface area contributed by atoms with Gasteiger partial charge in [-0.3, -0.25) is 4.31 Å². The van der Waals surface area contributed by atoms with E-state index in [1.807, 2.05) is 24.3 Å². The van der Waals surface area contributed by atoms with E-state index in [4.69, 9.17) is 0 Å². The van der Waals surface area contributed by atoms with E-state index in [0.717, 1.165) is 37.3 Å². The number of benzene rings is 1. The third-order valence-corrected chi connectivity index (χ3v) is 6.18. The van der Waals surface area contributed by atoms with Crippen LogP contribution >= 0.6 is 0 Å². The van der Waals surface area contributed by atoms with Crippen molar-refractivity contribution in [2.24, 2.45) is 0 Å². The summed E-state index contributed by atoms with van der Waals surface area (Å²) in [5.41, 5.74) is 1.98. The summed E-state index contributed by atoms with van der Waals surface area (Å²) >= 11 is 0. The highest BCUT2D eigenvalue weighted by Gasteiger charge is 2.35. The number of hydrogen-bond donors (Lipinski definition) is 0. The molecule has 0 atom stereocenters. The van der Waals surface area contributed by atoms with Crippen molar-refractivity contribution in [3.8, 4) is 0 Å². The van der Waals surface area contributed by atoms with Gasteiger partial charge in [-0.25, -0.2) is 0 Å². The number of hydrogen-bond acceptors (Lipinski definition) is 3. The topological polar surface area (TPSA) is 43.9 Å². The molecule has 6 heteroatoms. The number of fused-ring (bicyclic) bond motifs is 1. The fourth-order valence-corrected chi connectivity index (χ4v) is 4.62. The molecule has 0 spiro atoms. The molecule has 1 aromatic rings. The lowest BCUT2D eigenvalue weighted by Gasteiger charge is -2.35. The Balaban J connectivity index is 1.80. The van der Waals surface area contributed by atoms with Crippen LogP contribution in [0.1, 0.15) is 12.5 Å². The highest BCUT2D eigenvalue weighted by molar-refractivity contribution is 7.90. The molecule has 0 bridgehead atoms. The van der Waals surface area contributed by atoms with Crippen molar-refractivity contribution in [3.63, 3.8) is 0 Å². The second-order valence-corrected chi connectivity index (χ2v) is 7.14. The zero-order valence-electron chi connectivity index (χ0n) is 11.8. The van der Waals surface area contributed by atoms with E-state index in [0.29, 0.717) is 19.6 Å². The van der Waals surface area contributed by atoms with Crippen LogP contribution in [0.2, 0.25) is 0 Å². The van der Waals surface area contributed by atoms with Gasteiger partial charge in [-0.15, -0.1) is 0 Å². The second kappa shape index (κ2) is 5.35. The summed E-state index contributed by atoms with van der Waals surface area (Å²) < 4.78 is 28.8. The normalized spacial score (nSPS) is 21.1. The highest BCUT2D eigenvalue weighted by Crippen LogP contribution is 2.31. The molecule has 0 unspecified atom stereocenters. The Bertz CT molecular complexity index is 580. The molecule has 1 fully saturated rings. The van der Waals surface area contributed by atoms with Crippen LogP contribution in [0.25, 0.3) is 0 Å². The first-order valence-corrected chi connectivity index (χ1v) is 8.60. The number of nitrogens with zero attached hydrogens (tertiary/aromatic N) is 3. The van der Waals surface area contributed by atoms with Crippen LogP contribution in [0.3, 0.4) is 0 Å². The van der Waals surface area contributed by atoms with Gasteiger partial charge in [0.1, 0.15) is 0 Å². The van der Waals surface area contributed by atoms with Gasteiger partial charge < -0.3 is 4.90 Å². The van der Waals surface area contributed by atoms with Crippen LogP contribution in [0.15, 0.2) is 24.3 Å². The Kier molecular flexibility index (Phi) is 3.70. The molecule has 0 radical (unpaired) electrons. The quantitative estimate of drug-likeness (QED) is 0.833. The van der Waals surface area contributed by atoms with Gasteiger partial charge in [0.25, 0.3) is 0 Å². The maximum Gasteiger partial charge on any atom is 0.304 e. The predicted octanol–water partition coefficient (Wildman–Crippen LogP) is 0.931. The fraction of sp³-hybridized carbons (Fsp3) is 0.571. The van der Waals surface area contributed by atoms with Crippen LogP contribution in [0.4, 0.5) is 5.69 Å². The second-order valence-electron chi connectivity index (χ2n) is 5.29. The third kappa shape index (κ3) is 2.32. The van der Waals surface area contributed by atoms with Gasteiger partial charge in [0.05, 0.1) is 5.69 Å². The summed E-state index contributed by atoms with van der Waals surface area (Å²) in [7, 11) is -3.37. The van der Waals surface area contributed by atoms with Gasteiger partial charge in [0, 0.05) is 32.7 Å². The van der Waals surface area contributed by atoms with Crippen molar-refractivity contribution in [1.82, 2.24) is 9.21 Å². The molecule has 0 aliphatic carbocycles. The lowest BCUT2D eigenvalue weighted by Crippen LogP contribution is -2.52. The molecule has 0 saturated carbocycles. The molecular weight excluding hydrogens is 274 g/mol. The maximum absolute atomic E-state index is 12.8. The van der Waals surface area contributed by atoms with Crippen LogP contribution in [0.5, 0.6) is 0 Å². The van der Waals surface area contributed by atoms with E-state index in [9.17, 15) is 8.42 Å². The van der Waals surface area contributed by atoms with Crippen molar-refractivity contribution < 1.29 is 8.42 Å². The number of piperazine rings is 1. The molecule has 1 aromatic carbocycles. The smallest absolute Gasteiger partial charge is 0.301 e. The molecule has 0 aromatic heterocycles. The van der Waals surface area contributed by atoms with Gasteiger partial charge in [-0.05, 0) is 24.6 Å². The molecule has 0 N–H and O–H groups in total. The minimum atomic E-state index is -3.37. The third-order valence-electron chi connectivity index (χ3n) is 4.23. The van der Waals surface area contributed by atoms with E-state index < -0.39 is 10.2 Å². The average Bonchev–Trinajstić information content (AvgIpc) is 2.92. The molecule has 1 saturated heterocycles. The first-order chi connectivity index (χ1) is 9.63. The van der Waals surface area contributed by atoms with Crippen LogP contribution in [-0.2, 0) is 16.6 Å². The Hall–Kier alpha value is -1.11. The van der Waals surface area contributed by atoms with Gasteiger partial charge in [-0.1, -0.05) is 25.1 Å². The summed E-state index contributed by atoms with van der Waals surface area (Å²) in [6.07, 6.45) is 0.810. The minimum absolute atomic E-state index is 0.565. The molecule has 0 amide bonds. The molecule has 2 aliphatic rings. The van der Waals surface area contributed by atoms with Crippen molar-refractivity contribution in [1.29, 1.82) is 0 Å². The van der Waals surface area contributed by atoms with Gasteiger partial charge >= 0.3 is 10.2 Å². The molecule has 2 aliphatic heterocycles. The number of para-hydroxylation sites is 1. The Morgan fingerprint density at radius 2 is 1.75 bits per heavy atom. The van der Waals surface area contributed by atoms with Crippen LogP contribution in [-0.4, -0.2) is 56.9 Å². The largest absolute Gasteiger partial charge is 0.304 e. The summed E-state index contributed by atoms with van der Waals surface area (Å²) in [6.45, 7) is 6.50. The molecule has 3 rings (SSSR count). The van der Waals surface area contributed by atoms with E-state index in [1.165, 1.54) is 0 Å². The van der Waals surface area contributed by atoms with E-state index in [2.05, 4.69) is 11.8 Å². The zero-order chi connectivity index (χ0) is 14.2. The summed E-state index contributed by atoms with van der Waals surface area (Å²) in [5.74, 6) is 0. The molecule has 110 valence electrons. The first kappa shape index (κ1) is 13.9. The van der Waals surface area contributed by atoms with Crippen LogP contribution in [0, 0.1) is 0 Å². The Labute approximate surface area is 121 Å². The summed E-state index contributed by atoms with van der Waals surface area (Å²) in [5, 5.41) is 0. The first-order valence-electron chi connectivity index (χ1n) is 7.21. The van der Waals surface area contributed by atoms with Crippen molar-refractivity contribution in [2.45, 2.75) is 13.3 Å². The monoisotopic (exact) mass is 295 g/mol. The Morgan fingerprint density at radius 1 is 1.05 bits per heavy atom. The molecule has 2 heterocycles. The Morgan fingerprint density at radius 3 is 2.45 bits per heavy atom. The van der Waals surface area contributed by atoms with Crippen LogP contribution < -0.4 is 4.31 Å². The van der Waals surface area contributed by atoms with Gasteiger partial charge in [-0.2, -0.15) is 12.7 Å². The summed E-state index contributed by atoms with van der Waals surface area (Å²) in [6, 6.07) is 7.79. The SMILES string of the molecule is CCN1CCN(S(=O)(=O)N2CCc3ccccc32)CC1. The standard InChI is InChI=1S/C14H21N3O2S/c1-2-15-9-11-16(12-10-15)20(18,19)17-8-7-13-5-3-4-6-14(13)17/h3-6H,2,7-12H2,1H3.